The van der Waals surface area contributed by atoms with E-state index in [-0.39, 0.29) is 5.92 Å². The van der Waals surface area contributed by atoms with Crippen molar-refractivity contribution in [2.24, 2.45) is 11.8 Å². The van der Waals surface area contributed by atoms with Crippen molar-refractivity contribution < 1.29 is 29.7 Å². The van der Waals surface area contributed by atoms with Gasteiger partial charge in [0, 0.05) is 41.3 Å². The Labute approximate surface area is 431 Å². The molecule has 0 saturated carbocycles. The highest BCUT2D eigenvalue weighted by Crippen LogP contribution is 2.28. The van der Waals surface area contributed by atoms with Gasteiger partial charge in [0.15, 0.2) is 0 Å². The Hall–Kier alpha value is -8.64. The summed E-state index contributed by atoms with van der Waals surface area (Å²) >= 11 is 0. The van der Waals surface area contributed by atoms with E-state index in [2.05, 4.69) is 41.5 Å². The lowest BCUT2D eigenvalue weighted by atomic mass is 9.90. The average molecular weight is 996 g/mol. The summed E-state index contributed by atoms with van der Waals surface area (Å²) in [6.07, 6.45) is -2.51. The maximum Gasteiger partial charge on any atom is 0.419 e. The molecule has 0 atom stereocenters. The normalized spacial score (nSPS) is 10.6. The topological polar surface area (TPSA) is 178 Å². The fourth-order valence-electron chi connectivity index (χ4n) is 8.13. The zero-order chi connectivity index (χ0) is 54.1. The van der Waals surface area contributed by atoms with E-state index in [9.17, 15) is 44.1 Å². The largest absolute Gasteiger partial charge is 0.464 e. The van der Waals surface area contributed by atoms with Gasteiger partial charge in [-0.15, -0.1) is 0 Å². The van der Waals surface area contributed by atoms with Gasteiger partial charge in [0.25, 0.3) is 16.7 Å². The molecule has 3 heterocycles. The summed E-state index contributed by atoms with van der Waals surface area (Å²) in [5.41, 5.74) is 5.21. The first-order chi connectivity index (χ1) is 35.3. The average Bonchev–Trinajstić information content (AvgIpc) is 3.35. The Balaban J connectivity index is 0.000000192. The quantitative estimate of drug-likeness (QED) is 0.140. The minimum atomic E-state index is -1.26. The number of hydrogen-bond donors (Lipinski definition) is 3. The third-order valence-corrected chi connectivity index (χ3v) is 11.0. The van der Waals surface area contributed by atoms with Crippen molar-refractivity contribution in [2.45, 2.75) is 80.6 Å². The molecule has 0 amide bonds. The van der Waals surface area contributed by atoms with Crippen LogP contribution in [-0.4, -0.2) is 47.3 Å². The van der Waals surface area contributed by atoms with Gasteiger partial charge in [-0.05, 0) is 81.1 Å². The van der Waals surface area contributed by atoms with E-state index in [0.29, 0.717) is 52.5 Å². The van der Waals surface area contributed by atoms with Crippen molar-refractivity contribution in [3.8, 4) is 0 Å². The number of nitrogens with zero attached hydrogens (tertiary/aromatic N) is 3. The van der Waals surface area contributed by atoms with Gasteiger partial charge in [0.1, 0.15) is 0 Å². The van der Waals surface area contributed by atoms with Crippen LogP contribution in [0.2, 0.25) is 0 Å². The molecular formula is C62H65N3O9. The van der Waals surface area contributed by atoms with E-state index in [1.165, 1.54) is 0 Å². The molecule has 9 aromatic rings. The molecule has 0 unspecified atom stereocenters. The van der Waals surface area contributed by atoms with Gasteiger partial charge in [-0.1, -0.05) is 201 Å². The lowest BCUT2D eigenvalue weighted by Gasteiger charge is -2.18. The number of hydrogen-bond acceptors (Lipinski definition) is 6. The van der Waals surface area contributed by atoms with E-state index in [4.69, 9.17) is 0 Å². The Morgan fingerprint density at radius 3 is 1.04 bits per heavy atom. The summed E-state index contributed by atoms with van der Waals surface area (Å²) in [6.45, 7) is 17.1. The summed E-state index contributed by atoms with van der Waals surface area (Å²) in [5.74, 6) is 1.78. The molecule has 0 bridgehead atoms. The number of aromatic nitrogens is 3. The minimum Gasteiger partial charge on any atom is -0.464 e. The van der Waals surface area contributed by atoms with Gasteiger partial charge in [-0.3, -0.25) is 14.4 Å². The Kier molecular flexibility index (Phi) is 20.3. The number of fused-ring (bicyclic) bond motifs is 3. The summed E-state index contributed by atoms with van der Waals surface area (Å²) < 4.78 is 2.49. The molecule has 6 aromatic carbocycles. The SMILES string of the molecule is CC(C)C.CC(C)C.CC(C)c1c(Cc2ccccc2)c(=O)n(C(=O)O)c2ccccc12.O=C(O)n1c(=O)c(Cc2ccccc2)cc2ccccc21.O=C(O)n1c(=O)c(Cc2ccccc2)cc2ccccc21. The van der Waals surface area contributed by atoms with Crippen LogP contribution in [0.1, 0.15) is 100 Å². The molecule has 0 spiro atoms. The number of pyridine rings is 3. The molecule has 12 heteroatoms. The van der Waals surface area contributed by atoms with Crippen molar-refractivity contribution in [3.63, 3.8) is 0 Å². The second-order valence-electron chi connectivity index (χ2n) is 19.2. The van der Waals surface area contributed by atoms with Gasteiger partial charge in [0.05, 0.1) is 16.6 Å². The zero-order valence-corrected chi connectivity index (χ0v) is 43.2. The maximum absolute atomic E-state index is 12.9. The van der Waals surface area contributed by atoms with Crippen LogP contribution in [0.5, 0.6) is 0 Å². The highest BCUT2D eigenvalue weighted by molar-refractivity contribution is 5.91. The second-order valence-corrected chi connectivity index (χ2v) is 19.2. The molecule has 0 fully saturated rings. The third-order valence-electron chi connectivity index (χ3n) is 11.0. The first-order valence-electron chi connectivity index (χ1n) is 24.6. The number of para-hydroxylation sites is 3. The molecule has 12 nitrogen and oxygen atoms in total. The molecule has 382 valence electrons. The van der Waals surface area contributed by atoms with Crippen molar-refractivity contribution in [1.29, 1.82) is 0 Å². The first kappa shape index (κ1) is 56.3. The smallest absolute Gasteiger partial charge is 0.419 e. The molecule has 0 aliphatic rings. The van der Waals surface area contributed by atoms with Gasteiger partial charge in [0.2, 0.25) is 0 Å². The molecule has 0 aliphatic heterocycles. The van der Waals surface area contributed by atoms with E-state index < -0.39 is 35.0 Å². The third kappa shape index (κ3) is 15.0. The summed E-state index contributed by atoms with van der Waals surface area (Å²) in [4.78, 5) is 72.2. The molecule has 3 aromatic heterocycles. The predicted molar refractivity (Wildman–Crippen MR) is 298 cm³/mol. The highest BCUT2D eigenvalue weighted by Gasteiger charge is 2.22. The van der Waals surface area contributed by atoms with Crippen LogP contribution in [0, 0.1) is 11.8 Å². The second kappa shape index (κ2) is 26.7. The summed E-state index contributed by atoms with van der Waals surface area (Å²) in [5, 5.41) is 30.5. The number of benzene rings is 6. The first-order valence-corrected chi connectivity index (χ1v) is 24.6. The van der Waals surface area contributed by atoms with Gasteiger partial charge in [-0.25, -0.2) is 28.1 Å². The lowest BCUT2D eigenvalue weighted by molar-refractivity contribution is 0.195. The van der Waals surface area contributed by atoms with E-state index >= 15 is 0 Å². The zero-order valence-electron chi connectivity index (χ0n) is 43.2. The fourth-order valence-corrected chi connectivity index (χ4v) is 8.13. The maximum atomic E-state index is 12.9. The van der Waals surface area contributed by atoms with Crippen molar-refractivity contribution in [3.05, 3.63) is 246 Å². The fraction of sp³-hybridized carbons (Fsp3) is 0.226. The number of rotatable bonds is 7. The Bertz CT molecular complexity index is 3360. The van der Waals surface area contributed by atoms with E-state index in [0.717, 1.165) is 63.9 Å². The minimum absolute atomic E-state index is 0.116. The van der Waals surface area contributed by atoms with E-state index in [1.807, 2.05) is 141 Å². The van der Waals surface area contributed by atoms with Crippen LogP contribution < -0.4 is 16.7 Å². The molecule has 74 heavy (non-hydrogen) atoms. The highest BCUT2D eigenvalue weighted by atomic mass is 16.4. The van der Waals surface area contributed by atoms with Crippen molar-refractivity contribution in [2.75, 3.05) is 0 Å². The van der Waals surface area contributed by atoms with Crippen LogP contribution in [0.3, 0.4) is 0 Å². The van der Waals surface area contributed by atoms with Crippen LogP contribution in [0.15, 0.2) is 190 Å². The van der Waals surface area contributed by atoms with Crippen LogP contribution in [-0.2, 0) is 19.3 Å². The van der Waals surface area contributed by atoms with Crippen LogP contribution in [0.25, 0.3) is 32.7 Å². The Morgan fingerprint density at radius 1 is 0.392 bits per heavy atom. The van der Waals surface area contributed by atoms with Gasteiger partial charge >= 0.3 is 18.3 Å². The molecule has 0 saturated heterocycles. The molecule has 0 aliphatic carbocycles. The molecule has 9 rings (SSSR count). The van der Waals surface area contributed by atoms with Crippen LogP contribution in [0.4, 0.5) is 14.4 Å². The van der Waals surface area contributed by atoms with Crippen molar-refractivity contribution in [1.82, 2.24) is 13.7 Å². The number of carboxylic acid groups (broad SMARTS) is 3. The van der Waals surface area contributed by atoms with Gasteiger partial charge in [-0.2, -0.15) is 0 Å². The predicted octanol–water partition coefficient (Wildman–Crippen LogP) is 13.8. The molecule has 0 radical (unpaired) electrons. The van der Waals surface area contributed by atoms with Crippen LogP contribution >= 0.6 is 0 Å². The molecular weight excluding hydrogens is 931 g/mol. The lowest BCUT2D eigenvalue weighted by Crippen LogP contribution is -2.31. The molecule has 3 N–H and O–H groups in total. The van der Waals surface area contributed by atoms with Gasteiger partial charge < -0.3 is 15.3 Å². The van der Waals surface area contributed by atoms with E-state index in [1.54, 1.807) is 48.5 Å². The summed E-state index contributed by atoms with van der Waals surface area (Å²) in [6, 6.07) is 53.4. The standard InChI is InChI=1S/C20H19NO3.2C17H13NO3.2C4H10/c1-13(2)18-15-10-6-7-11-17(15)21(20(23)24)19(22)16(18)12-14-8-4-3-5-9-14;2*19-16-14(10-12-6-2-1-3-7-12)11-13-8-4-5-9-15(13)18(16)17(20)21;2*1-4(2)3/h3-11,13H,12H2,1-2H3,(H,23,24);2*1-9,11H,10H2,(H,20,21);2*4H,1-3H3. The number of carbonyl (C=O) groups is 3. The Morgan fingerprint density at radius 2 is 0.689 bits per heavy atom. The summed E-state index contributed by atoms with van der Waals surface area (Å²) in [7, 11) is 0. The monoisotopic (exact) mass is 995 g/mol. The van der Waals surface area contributed by atoms with Crippen molar-refractivity contribution >= 4 is 51.0 Å².